The molecule has 4 aliphatic rings. The Hall–Kier alpha value is -3.67. The van der Waals surface area contributed by atoms with E-state index in [1.54, 1.807) is 35.1 Å². The monoisotopic (exact) mass is 593 g/mol. The van der Waals surface area contributed by atoms with Crippen molar-refractivity contribution in [2.24, 2.45) is 11.3 Å². The molecule has 224 valence electrons. The molecule has 3 aromatic heterocycles. The van der Waals surface area contributed by atoms with E-state index in [1.165, 1.54) is 25.1 Å². The normalized spacial score (nSPS) is 22.5. The van der Waals surface area contributed by atoms with E-state index in [4.69, 9.17) is 9.72 Å². The highest BCUT2D eigenvalue weighted by Crippen LogP contribution is 2.48. The van der Waals surface area contributed by atoms with Gasteiger partial charge in [-0.25, -0.2) is 27.8 Å². The number of carbonyl (C=O) groups excluding carboxylic acids is 1. The van der Waals surface area contributed by atoms with Gasteiger partial charge in [-0.05, 0) is 88.0 Å². The lowest BCUT2D eigenvalue weighted by molar-refractivity contribution is 0.0981. The third kappa shape index (κ3) is 6.08. The molecule has 7 rings (SSSR count). The number of carbonyl (C=O) groups is 1. The quantitative estimate of drug-likeness (QED) is 0.437. The van der Waals surface area contributed by atoms with Crippen LogP contribution in [0.5, 0.6) is 5.88 Å². The maximum absolute atomic E-state index is 13.6. The zero-order valence-electron chi connectivity index (χ0n) is 24.5. The number of rotatable bonds is 5. The first-order valence-corrected chi connectivity index (χ1v) is 16.2. The fourth-order valence-electron chi connectivity index (χ4n) is 5.93. The summed E-state index contributed by atoms with van der Waals surface area (Å²) >= 11 is 0. The molecule has 1 aliphatic carbocycles. The van der Waals surface area contributed by atoms with Gasteiger partial charge in [0.25, 0.3) is 15.9 Å². The molecule has 6 heterocycles. The molecule has 0 aromatic carbocycles. The molecule has 1 amide bonds. The van der Waals surface area contributed by atoms with Crippen LogP contribution in [0.3, 0.4) is 0 Å². The van der Waals surface area contributed by atoms with Gasteiger partial charge in [-0.3, -0.25) is 4.79 Å². The van der Waals surface area contributed by atoms with E-state index < -0.39 is 15.9 Å². The molecule has 42 heavy (non-hydrogen) atoms. The number of pyridine rings is 2. The number of ether oxygens (including phenoxy) is 1. The van der Waals surface area contributed by atoms with Crippen LogP contribution in [0.4, 0.5) is 11.6 Å². The third-order valence-electron chi connectivity index (χ3n) is 8.80. The Bertz CT molecular complexity index is 1560. The van der Waals surface area contributed by atoms with Gasteiger partial charge in [-0.2, -0.15) is 0 Å². The number of nitrogens with zero attached hydrogens (tertiary/aromatic N) is 5. The van der Waals surface area contributed by atoms with Crippen molar-refractivity contribution in [2.45, 2.75) is 76.2 Å². The molecule has 1 saturated heterocycles. The highest BCUT2D eigenvalue weighted by molar-refractivity contribution is 7.90. The van der Waals surface area contributed by atoms with E-state index >= 15 is 0 Å². The van der Waals surface area contributed by atoms with E-state index in [0.29, 0.717) is 41.3 Å². The number of sulfonamides is 1. The average Bonchev–Trinajstić information content (AvgIpc) is 3.35. The van der Waals surface area contributed by atoms with Crippen LogP contribution in [0.15, 0.2) is 47.6 Å². The minimum absolute atomic E-state index is 0.0850. The van der Waals surface area contributed by atoms with Gasteiger partial charge >= 0.3 is 0 Å². The molecule has 2 N–H and O–H groups in total. The van der Waals surface area contributed by atoms with Crippen molar-refractivity contribution >= 4 is 27.6 Å². The predicted molar refractivity (Wildman–Crippen MR) is 160 cm³/mol. The molecule has 1 unspecified atom stereocenters. The molecule has 12 heteroatoms. The number of aromatic nitrogens is 4. The molecule has 2 fully saturated rings. The summed E-state index contributed by atoms with van der Waals surface area (Å²) in [5.41, 5.74) is 0.300. The molecule has 4 bridgehead atoms. The molecular weight excluding hydrogens is 554 g/mol. The summed E-state index contributed by atoms with van der Waals surface area (Å²) in [4.78, 5) is 24.8. The summed E-state index contributed by atoms with van der Waals surface area (Å²) in [5, 5.41) is 7.83. The minimum atomic E-state index is -4.16. The van der Waals surface area contributed by atoms with Crippen LogP contribution in [-0.4, -0.2) is 59.3 Å². The van der Waals surface area contributed by atoms with Crippen molar-refractivity contribution in [3.8, 4) is 11.7 Å². The number of amides is 1. The smallest absolute Gasteiger partial charge is 0.268 e. The van der Waals surface area contributed by atoms with E-state index in [2.05, 4.69) is 45.8 Å². The van der Waals surface area contributed by atoms with E-state index in [9.17, 15) is 13.2 Å². The lowest BCUT2D eigenvalue weighted by atomic mass is 9.93. The summed E-state index contributed by atoms with van der Waals surface area (Å²) in [7, 11) is -4.16. The van der Waals surface area contributed by atoms with Gasteiger partial charge in [0, 0.05) is 37.1 Å². The Balaban J connectivity index is 1.33. The Morgan fingerprint density at radius 3 is 2.69 bits per heavy atom. The van der Waals surface area contributed by atoms with Crippen molar-refractivity contribution in [2.75, 3.05) is 29.9 Å². The SMILES string of the molecule is CC1(CCOc2ccn(-c3ccc4c(n3)N3CC(CCCCNc5ccc(cn5)S(=O)(=O)NC4=O)CC3(C)C)n2)CC1. The molecule has 3 aliphatic heterocycles. The van der Waals surface area contributed by atoms with E-state index in [-0.39, 0.29) is 16.0 Å². The number of nitrogens with one attached hydrogen (secondary N) is 2. The second-order valence-electron chi connectivity index (χ2n) is 12.8. The summed E-state index contributed by atoms with van der Waals surface area (Å²) < 4.78 is 36.1. The molecule has 11 nitrogen and oxygen atoms in total. The molecule has 0 spiro atoms. The molecular formula is C30H39N7O4S. The summed E-state index contributed by atoms with van der Waals surface area (Å²) in [6, 6.07) is 8.17. The molecule has 3 aromatic rings. The topological polar surface area (TPSA) is 131 Å². The van der Waals surface area contributed by atoms with Gasteiger partial charge < -0.3 is 15.0 Å². The molecule has 1 saturated carbocycles. The fraction of sp³-hybridized carbons (Fsp3) is 0.533. The van der Waals surface area contributed by atoms with Crippen LogP contribution in [0.25, 0.3) is 5.82 Å². The van der Waals surface area contributed by atoms with Gasteiger partial charge in [-0.1, -0.05) is 13.3 Å². The van der Waals surface area contributed by atoms with Gasteiger partial charge in [0.2, 0.25) is 5.88 Å². The standard InChI is InChI=1S/C30H39N7O4S/c1-29(2)18-21-6-4-5-15-31-24-9-7-22(19-32-24)42(39,40)35-28(38)23-8-10-25(33-27(23)36(29)20-21)37-16-11-26(34-37)41-17-14-30(3)12-13-30/h7-11,16,19,21H,4-6,12-15,17-18,20H2,1-3H3,(H,31,32)(H,35,38). The maximum Gasteiger partial charge on any atom is 0.268 e. The summed E-state index contributed by atoms with van der Waals surface area (Å²) in [6.07, 6.45) is 10.5. The number of hydrogen-bond acceptors (Lipinski definition) is 9. The molecule has 1 atom stereocenters. The average molecular weight is 594 g/mol. The van der Waals surface area contributed by atoms with Gasteiger partial charge in [-0.15, -0.1) is 5.10 Å². The molecule has 0 radical (unpaired) electrons. The fourth-order valence-corrected chi connectivity index (χ4v) is 6.84. The second-order valence-corrected chi connectivity index (χ2v) is 14.5. The van der Waals surface area contributed by atoms with Crippen LogP contribution < -0.4 is 19.7 Å². The van der Waals surface area contributed by atoms with Crippen LogP contribution in [-0.2, 0) is 10.0 Å². The van der Waals surface area contributed by atoms with E-state index in [1.807, 2.05) is 0 Å². The van der Waals surface area contributed by atoms with Crippen LogP contribution >= 0.6 is 0 Å². The zero-order valence-corrected chi connectivity index (χ0v) is 25.3. The maximum atomic E-state index is 13.6. The van der Waals surface area contributed by atoms with Crippen molar-refractivity contribution in [1.82, 2.24) is 24.5 Å². The van der Waals surface area contributed by atoms with Crippen molar-refractivity contribution < 1.29 is 17.9 Å². The Labute approximate surface area is 247 Å². The summed E-state index contributed by atoms with van der Waals surface area (Å²) in [6.45, 7) is 8.64. The summed E-state index contributed by atoms with van der Waals surface area (Å²) in [5.74, 6) is 1.74. The Morgan fingerprint density at radius 1 is 1.10 bits per heavy atom. The first-order chi connectivity index (χ1) is 20.0. The largest absolute Gasteiger partial charge is 0.477 e. The highest BCUT2D eigenvalue weighted by Gasteiger charge is 2.41. The van der Waals surface area contributed by atoms with Crippen molar-refractivity contribution in [1.29, 1.82) is 0 Å². The number of anilines is 2. The lowest BCUT2D eigenvalue weighted by Crippen LogP contribution is -2.41. The van der Waals surface area contributed by atoms with Gasteiger partial charge in [0.05, 0.1) is 12.2 Å². The highest BCUT2D eigenvalue weighted by atomic mass is 32.2. The Kier molecular flexibility index (Phi) is 7.36. The van der Waals surface area contributed by atoms with Gasteiger partial charge in [0.1, 0.15) is 16.5 Å². The van der Waals surface area contributed by atoms with Gasteiger partial charge in [0.15, 0.2) is 5.82 Å². The van der Waals surface area contributed by atoms with Crippen LogP contribution in [0.2, 0.25) is 0 Å². The number of hydrogen-bond donors (Lipinski definition) is 2. The van der Waals surface area contributed by atoms with E-state index in [0.717, 1.165) is 45.2 Å². The Morgan fingerprint density at radius 2 is 1.93 bits per heavy atom. The van der Waals surface area contributed by atoms with Crippen molar-refractivity contribution in [3.05, 3.63) is 48.3 Å². The van der Waals surface area contributed by atoms with Crippen LogP contribution in [0.1, 0.15) is 76.1 Å². The number of fused-ring (bicyclic) bond motifs is 8. The lowest BCUT2D eigenvalue weighted by Gasteiger charge is -2.34. The second kappa shape index (κ2) is 10.9. The van der Waals surface area contributed by atoms with Crippen LogP contribution in [0, 0.1) is 11.3 Å². The third-order valence-corrected chi connectivity index (χ3v) is 10.1. The minimum Gasteiger partial charge on any atom is -0.477 e. The predicted octanol–water partition coefficient (Wildman–Crippen LogP) is 4.55. The van der Waals surface area contributed by atoms with Crippen molar-refractivity contribution in [3.63, 3.8) is 0 Å². The first-order valence-electron chi connectivity index (χ1n) is 14.8. The first kappa shape index (κ1) is 28.4. The zero-order chi connectivity index (χ0) is 29.5.